The zero-order valence-corrected chi connectivity index (χ0v) is 14.7. The van der Waals surface area contributed by atoms with Crippen molar-refractivity contribution >= 4 is 5.82 Å². The van der Waals surface area contributed by atoms with Gasteiger partial charge in [-0.25, -0.2) is 4.98 Å². The third kappa shape index (κ3) is 3.79. The molecule has 9 heteroatoms. The lowest BCUT2D eigenvalue weighted by Crippen LogP contribution is -2.37. The summed E-state index contributed by atoms with van der Waals surface area (Å²) in [5, 5.41) is 8.42. The number of benzene rings is 1. The molecule has 0 spiro atoms. The van der Waals surface area contributed by atoms with Crippen LogP contribution in [0.15, 0.2) is 48.7 Å². The molecule has 0 saturated carbocycles. The molecule has 0 aliphatic carbocycles. The van der Waals surface area contributed by atoms with Gasteiger partial charge in [0.05, 0.1) is 18.8 Å². The van der Waals surface area contributed by atoms with E-state index < -0.39 is 11.7 Å². The van der Waals surface area contributed by atoms with Crippen LogP contribution < -0.4 is 4.90 Å². The van der Waals surface area contributed by atoms with Crippen molar-refractivity contribution in [1.82, 2.24) is 20.2 Å². The maximum absolute atomic E-state index is 12.9. The highest BCUT2D eigenvalue weighted by atomic mass is 19.4. The van der Waals surface area contributed by atoms with Crippen LogP contribution in [0.25, 0.3) is 22.8 Å². The number of morpholine rings is 1. The van der Waals surface area contributed by atoms with E-state index >= 15 is 0 Å². The van der Waals surface area contributed by atoms with Gasteiger partial charge in [-0.3, -0.25) is 4.98 Å². The molecule has 2 aromatic heterocycles. The quantitative estimate of drug-likeness (QED) is 0.686. The molecule has 28 heavy (non-hydrogen) atoms. The molecule has 1 aromatic carbocycles. The second-order valence-corrected chi connectivity index (χ2v) is 6.20. The van der Waals surface area contributed by atoms with Gasteiger partial charge in [-0.05, 0) is 24.3 Å². The fraction of sp³-hybridized carbons (Fsp3) is 0.263. The molecule has 144 valence electrons. The van der Waals surface area contributed by atoms with Gasteiger partial charge in [-0.2, -0.15) is 13.2 Å². The predicted molar refractivity (Wildman–Crippen MR) is 96.5 cm³/mol. The van der Waals surface area contributed by atoms with Gasteiger partial charge in [-0.1, -0.05) is 18.2 Å². The average molecular weight is 387 g/mol. The summed E-state index contributed by atoms with van der Waals surface area (Å²) in [5.74, 6) is 0.913. The van der Waals surface area contributed by atoms with Crippen molar-refractivity contribution in [3.63, 3.8) is 0 Å². The number of aromatic nitrogens is 4. The van der Waals surface area contributed by atoms with Gasteiger partial charge in [0.2, 0.25) is 5.82 Å². The third-order valence-electron chi connectivity index (χ3n) is 4.36. The summed E-state index contributed by atoms with van der Waals surface area (Å²) in [6.07, 6.45) is -2.75. The van der Waals surface area contributed by atoms with Crippen molar-refractivity contribution < 1.29 is 17.9 Å². The van der Waals surface area contributed by atoms with E-state index in [9.17, 15) is 13.2 Å². The molecule has 0 bridgehead atoms. The average Bonchev–Trinajstić information content (AvgIpc) is 2.74. The third-order valence-corrected chi connectivity index (χ3v) is 4.36. The lowest BCUT2D eigenvalue weighted by atomic mass is 10.1. The Morgan fingerprint density at radius 1 is 0.929 bits per heavy atom. The van der Waals surface area contributed by atoms with Crippen molar-refractivity contribution in [3.05, 3.63) is 54.2 Å². The molecule has 0 unspecified atom stereocenters. The number of nitrogens with zero attached hydrogens (tertiary/aromatic N) is 5. The first-order chi connectivity index (χ1) is 13.5. The fourth-order valence-corrected chi connectivity index (χ4v) is 2.92. The molecule has 3 aromatic rings. The van der Waals surface area contributed by atoms with E-state index in [4.69, 9.17) is 4.74 Å². The number of pyridine rings is 1. The Labute approximate surface area is 159 Å². The Morgan fingerprint density at radius 3 is 2.32 bits per heavy atom. The number of halogens is 3. The molecule has 1 saturated heterocycles. The Bertz CT molecular complexity index is 942. The minimum atomic E-state index is -4.39. The largest absolute Gasteiger partial charge is 0.416 e. The minimum absolute atomic E-state index is 0.359. The van der Waals surface area contributed by atoms with E-state index in [0.717, 1.165) is 12.1 Å². The van der Waals surface area contributed by atoms with Crippen molar-refractivity contribution in [3.8, 4) is 22.8 Å². The number of hydrogen-bond acceptors (Lipinski definition) is 6. The van der Waals surface area contributed by atoms with E-state index in [0.29, 0.717) is 54.9 Å². The molecule has 0 amide bonds. The first kappa shape index (κ1) is 18.3. The van der Waals surface area contributed by atoms with Gasteiger partial charge in [0, 0.05) is 24.8 Å². The smallest absolute Gasteiger partial charge is 0.378 e. The first-order valence-corrected chi connectivity index (χ1v) is 8.69. The second-order valence-electron chi connectivity index (χ2n) is 6.20. The monoisotopic (exact) mass is 387 g/mol. The molecule has 1 aliphatic heterocycles. The van der Waals surface area contributed by atoms with Gasteiger partial charge in [0.25, 0.3) is 0 Å². The molecule has 0 atom stereocenters. The number of anilines is 1. The minimum Gasteiger partial charge on any atom is -0.378 e. The molecule has 3 heterocycles. The van der Waals surface area contributed by atoms with Gasteiger partial charge in [0.15, 0.2) is 5.82 Å². The molecule has 1 fully saturated rings. The summed E-state index contributed by atoms with van der Waals surface area (Å²) in [6.45, 7) is 2.28. The van der Waals surface area contributed by atoms with Crippen LogP contribution in [-0.4, -0.2) is 46.5 Å². The van der Waals surface area contributed by atoms with Crippen LogP contribution in [0.3, 0.4) is 0 Å². The van der Waals surface area contributed by atoms with Crippen molar-refractivity contribution in [2.45, 2.75) is 6.18 Å². The van der Waals surface area contributed by atoms with Crippen LogP contribution >= 0.6 is 0 Å². The van der Waals surface area contributed by atoms with E-state index in [1.54, 1.807) is 18.3 Å². The van der Waals surface area contributed by atoms with E-state index in [1.807, 2.05) is 11.0 Å². The van der Waals surface area contributed by atoms with Gasteiger partial charge < -0.3 is 9.64 Å². The molecule has 1 aliphatic rings. The lowest BCUT2D eigenvalue weighted by molar-refractivity contribution is -0.137. The van der Waals surface area contributed by atoms with E-state index in [2.05, 4.69) is 20.2 Å². The van der Waals surface area contributed by atoms with Gasteiger partial charge in [-0.15, -0.1) is 10.2 Å². The van der Waals surface area contributed by atoms with Crippen LogP contribution in [0.2, 0.25) is 0 Å². The van der Waals surface area contributed by atoms with Crippen LogP contribution in [0.1, 0.15) is 5.56 Å². The standard InChI is InChI=1S/C19H16F3N5O/c20-19(21,22)14-6-4-13(5-7-14)16-18(27-9-11-28-12-10-27)24-17(26-25-16)15-3-1-2-8-23-15/h1-8H,9-12H2. The van der Waals surface area contributed by atoms with E-state index in [-0.39, 0.29) is 0 Å². The summed E-state index contributed by atoms with van der Waals surface area (Å²) >= 11 is 0. The van der Waals surface area contributed by atoms with Crippen LogP contribution in [0, 0.1) is 0 Å². The van der Waals surface area contributed by atoms with Crippen LogP contribution in [0.4, 0.5) is 19.0 Å². The lowest BCUT2D eigenvalue weighted by Gasteiger charge is -2.29. The van der Waals surface area contributed by atoms with Crippen LogP contribution in [-0.2, 0) is 10.9 Å². The van der Waals surface area contributed by atoms with Crippen LogP contribution in [0.5, 0.6) is 0 Å². The van der Waals surface area contributed by atoms with Gasteiger partial charge >= 0.3 is 6.18 Å². The maximum atomic E-state index is 12.9. The summed E-state index contributed by atoms with van der Waals surface area (Å²) in [5.41, 5.74) is 0.802. The summed E-state index contributed by atoms with van der Waals surface area (Å²) in [7, 11) is 0. The summed E-state index contributed by atoms with van der Waals surface area (Å²) in [6, 6.07) is 10.2. The zero-order valence-electron chi connectivity index (χ0n) is 14.7. The number of hydrogen-bond donors (Lipinski definition) is 0. The molecular formula is C19H16F3N5O. The Hall–Kier alpha value is -3.07. The maximum Gasteiger partial charge on any atom is 0.416 e. The highest BCUT2D eigenvalue weighted by molar-refractivity contribution is 5.73. The molecule has 0 N–H and O–H groups in total. The Kier molecular flexibility index (Phi) is 4.91. The molecule has 0 radical (unpaired) electrons. The Morgan fingerprint density at radius 2 is 1.68 bits per heavy atom. The first-order valence-electron chi connectivity index (χ1n) is 8.69. The molecule has 6 nitrogen and oxygen atoms in total. The fourth-order valence-electron chi connectivity index (χ4n) is 2.92. The highest BCUT2D eigenvalue weighted by Gasteiger charge is 2.30. The number of rotatable bonds is 3. The SMILES string of the molecule is FC(F)(F)c1ccc(-c2nnc(-c3ccccn3)nc2N2CCOCC2)cc1. The predicted octanol–water partition coefficient (Wildman–Crippen LogP) is 3.46. The van der Waals surface area contributed by atoms with Crippen molar-refractivity contribution in [2.24, 2.45) is 0 Å². The zero-order chi connectivity index (χ0) is 19.6. The van der Waals surface area contributed by atoms with Crippen molar-refractivity contribution in [1.29, 1.82) is 0 Å². The topological polar surface area (TPSA) is 64.0 Å². The molecule has 4 rings (SSSR count). The van der Waals surface area contributed by atoms with E-state index in [1.165, 1.54) is 12.1 Å². The van der Waals surface area contributed by atoms with Crippen molar-refractivity contribution in [2.75, 3.05) is 31.2 Å². The number of alkyl halides is 3. The second kappa shape index (κ2) is 7.51. The summed E-state index contributed by atoms with van der Waals surface area (Å²) < 4.78 is 44.0. The van der Waals surface area contributed by atoms with Gasteiger partial charge in [0.1, 0.15) is 11.4 Å². The molecular weight excluding hydrogens is 371 g/mol. The Balaban J connectivity index is 1.77. The number of ether oxygens (including phenoxy) is 1. The summed E-state index contributed by atoms with van der Waals surface area (Å²) in [4.78, 5) is 10.9. The normalized spacial score (nSPS) is 14.9. The highest BCUT2D eigenvalue weighted by Crippen LogP contribution is 2.33.